The zero-order chi connectivity index (χ0) is 13.2. The Morgan fingerprint density at radius 3 is 2.53 bits per heavy atom. The molecule has 5 heteroatoms. The molecule has 0 aliphatic rings. The summed E-state index contributed by atoms with van der Waals surface area (Å²) in [6.07, 6.45) is 0. The van der Waals surface area contributed by atoms with Gasteiger partial charge in [-0.3, -0.25) is 0 Å². The molecule has 0 N–H and O–H groups in total. The molecule has 0 aliphatic carbocycles. The smallest absolute Gasteiger partial charge is 0.134 e. The normalized spacial score (nSPS) is 10.3. The van der Waals surface area contributed by atoms with Crippen molar-refractivity contribution >= 4 is 38.6 Å². The van der Waals surface area contributed by atoms with E-state index in [0.717, 1.165) is 25.6 Å². The summed E-state index contributed by atoms with van der Waals surface area (Å²) >= 11 is 6.76. The van der Waals surface area contributed by atoms with E-state index < -0.39 is 0 Å². The summed E-state index contributed by atoms with van der Waals surface area (Å²) in [5.74, 6) is 0. The second-order valence-electron chi connectivity index (χ2n) is 3.86. The van der Waals surface area contributed by atoms with E-state index in [9.17, 15) is 0 Å². The van der Waals surface area contributed by atoms with Gasteiger partial charge in [0, 0.05) is 20.8 Å². The molecule has 0 atom stereocenters. The molecule has 0 unspecified atom stereocenters. The summed E-state index contributed by atoms with van der Waals surface area (Å²) in [6, 6.07) is 11.7. The van der Waals surface area contributed by atoms with Gasteiger partial charge in [0.1, 0.15) is 5.01 Å². The van der Waals surface area contributed by atoms with Gasteiger partial charge in [-0.2, -0.15) is 5.26 Å². The molecule has 2 heterocycles. The van der Waals surface area contributed by atoms with Crippen LogP contribution in [0.2, 0.25) is 0 Å². The number of benzene rings is 1. The molecule has 2 nitrogen and oxygen atoms in total. The molecule has 0 saturated heterocycles. The topological polar surface area (TPSA) is 36.7 Å². The van der Waals surface area contributed by atoms with E-state index in [4.69, 9.17) is 5.26 Å². The first-order chi connectivity index (χ1) is 9.26. The van der Waals surface area contributed by atoms with E-state index in [1.807, 2.05) is 29.6 Å². The minimum atomic E-state index is 0.668. The van der Waals surface area contributed by atoms with Crippen LogP contribution in [0.5, 0.6) is 0 Å². The molecule has 0 spiro atoms. The van der Waals surface area contributed by atoms with E-state index in [-0.39, 0.29) is 0 Å². The Labute approximate surface area is 127 Å². The SMILES string of the molecule is N#Cc1ccc(-c2csc(-c3cc(Br)cs3)n2)cc1. The number of hydrogen-bond acceptors (Lipinski definition) is 4. The van der Waals surface area contributed by atoms with E-state index in [0.29, 0.717) is 5.56 Å². The highest BCUT2D eigenvalue weighted by Gasteiger charge is 2.08. The Bertz CT molecular complexity index is 750. The van der Waals surface area contributed by atoms with Crippen LogP contribution in [0.4, 0.5) is 0 Å². The molecule has 0 fully saturated rings. The van der Waals surface area contributed by atoms with Gasteiger partial charge in [0.15, 0.2) is 0 Å². The standard InChI is InChI=1S/C14H7BrN2S2/c15-11-5-13(18-7-11)14-17-12(8-19-14)10-3-1-9(6-16)2-4-10/h1-5,7-8H. The van der Waals surface area contributed by atoms with Gasteiger partial charge in [-0.05, 0) is 34.1 Å². The van der Waals surface area contributed by atoms with Crippen LogP contribution in [-0.4, -0.2) is 4.98 Å². The minimum Gasteiger partial charge on any atom is -0.235 e. The Morgan fingerprint density at radius 2 is 1.89 bits per heavy atom. The molecule has 3 aromatic rings. The fourth-order valence-electron chi connectivity index (χ4n) is 1.66. The molecule has 1 aromatic carbocycles. The van der Waals surface area contributed by atoms with Crippen LogP contribution < -0.4 is 0 Å². The van der Waals surface area contributed by atoms with Crippen molar-refractivity contribution in [2.75, 3.05) is 0 Å². The largest absolute Gasteiger partial charge is 0.235 e. The number of hydrogen-bond donors (Lipinski definition) is 0. The maximum absolute atomic E-state index is 8.79. The Balaban J connectivity index is 1.94. The lowest BCUT2D eigenvalue weighted by Gasteiger charge is -1.95. The average Bonchev–Trinajstić information content (AvgIpc) is 3.07. The number of rotatable bonds is 2. The number of aromatic nitrogens is 1. The third kappa shape index (κ3) is 2.61. The quantitative estimate of drug-likeness (QED) is 0.641. The van der Waals surface area contributed by atoms with Gasteiger partial charge in [0.2, 0.25) is 0 Å². The summed E-state index contributed by atoms with van der Waals surface area (Å²) in [5, 5.41) is 13.9. The van der Waals surface area contributed by atoms with E-state index in [1.165, 1.54) is 0 Å². The molecule has 19 heavy (non-hydrogen) atoms. The van der Waals surface area contributed by atoms with Crippen molar-refractivity contribution in [2.45, 2.75) is 0 Å². The first kappa shape index (κ1) is 12.5. The fraction of sp³-hybridized carbons (Fsp3) is 0. The Kier molecular flexibility index (Phi) is 3.47. The van der Waals surface area contributed by atoms with Crippen molar-refractivity contribution in [2.24, 2.45) is 0 Å². The molecule has 0 amide bonds. The second kappa shape index (κ2) is 5.25. The van der Waals surface area contributed by atoms with E-state index in [1.54, 1.807) is 22.7 Å². The van der Waals surface area contributed by atoms with E-state index in [2.05, 4.69) is 38.4 Å². The van der Waals surface area contributed by atoms with Gasteiger partial charge in [-0.1, -0.05) is 12.1 Å². The van der Waals surface area contributed by atoms with Crippen LogP contribution in [0.25, 0.3) is 21.1 Å². The fourth-order valence-corrected chi connectivity index (χ4v) is 4.00. The predicted octanol–water partition coefficient (Wildman–Crippen LogP) is 5.17. The van der Waals surface area contributed by atoms with Crippen molar-refractivity contribution in [3.8, 4) is 27.2 Å². The molecule has 0 radical (unpaired) electrons. The summed E-state index contributed by atoms with van der Waals surface area (Å²) in [6.45, 7) is 0. The zero-order valence-electron chi connectivity index (χ0n) is 9.63. The van der Waals surface area contributed by atoms with Crippen LogP contribution in [0, 0.1) is 11.3 Å². The van der Waals surface area contributed by atoms with Crippen molar-refractivity contribution < 1.29 is 0 Å². The van der Waals surface area contributed by atoms with Crippen molar-refractivity contribution in [3.63, 3.8) is 0 Å². The van der Waals surface area contributed by atoms with Crippen LogP contribution in [0.15, 0.2) is 45.6 Å². The third-order valence-electron chi connectivity index (χ3n) is 2.59. The van der Waals surface area contributed by atoms with Crippen molar-refractivity contribution in [1.82, 2.24) is 4.98 Å². The van der Waals surface area contributed by atoms with Crippen LogP contribution >= 0.6 is 38.6 Å². The minimum absolute atomic E-state index is 0.668. The highest BCUT2D eigenvalue weighted by atomic mass is 79.9. The van der Waals surface area contributed by atoms with Crippen LogP contribution in [0.1, 0.15) is 5.56 Å². The molecule has 2 aromatic heterocycles. The second-order valence-corrected chi connectivity index (χ2v) is 6.54. The van der Waals surface area contributed by atoms with Gasteiger partial charge < -0.3 is 0 Å². The molecular formula is C14H7BrN2S2. The predicted molar refractivity (Wildman–Crippen MR) is 83.3 cm³/mol. The zero-order valence-corrected chi connectivity index (χ0v) is 12.8. The van der Waals surface area contributed by atoms with Gasteiger partial charge in [0.05, 0.1) is 22.2 Å². The monoisotopic (exact) mass is 346 g/mol. The lowest BCUT2D eigenvalue weighted by molar-refractivity contribution is 1.41. The summed E-state index contributed by atoms with van der Waals surface area (Å²) < 4.78 is 1.09. The average molecular weight is 347 g/mol. The third-order valence-corrected chi connectivity index (χ3v) is 5.29. The maximum atomic E-state index is 8.79. The molecule has 0 bridgehead atoms. The molecular weight excluding hydrogens is 340 g/mol. The highest BCUT2D eigenvalue weighted by molar-refractivity contribution is 9.10. The maximum Gasteiger partial charge on any atom is 0.134 e. The van der Waals surface area contributed by atoms with Gasteiger partial charge >= 0.3 is 0 Å². The van der Waals surface area contributed by atoms with Gasteiger partial charge in [-0.25, -0.2) is 4.98 Å². The lowest BCUT2D eigenvalue weighted by atomic mass is 10.1. The lowest BCUT2D eigenvalue weighted by Crippen LogP contribution is -1.79. The Morgan fingerprint density at radius 1 is 1.11 bits per heavy atom. The van der Waals surface area contributed by atoms with Gasteiger partial charge in [0.25, 0.3) is 0 Å². The molecule has 0 aliphatic heterocycles. The number of thiophene rings is 1. The molecule has 0 saturated carbocycles. The van der Waals surface area contributed by atoms with E-state index >= 15 is 0 Å². The number of nitriles is 1. The van der Waals surface area contributed by atoms with Crippen molar-refractivity contribution in [1.29, 1.82) is 5.26 Å². The molecule has 3 rings (SSSR count). The number of nitrogens with zero attached hydrogens (tertiary/aromatic N) is 2. The van der Waals surface area contributed by atoms with Gasteiger partial charge in [-0.15, -0.1) is 22.7 Å². The first-order valence-electron chi connectivity index (χ1n) is 5.47. The van der Waals surface area contributed by atoms with Crippen molar-refractivity contribution in [3.05, 3.63) is 51.1 Å². The molecule has 92 valence electrons. The number of halogens is 1. The highest BCUT2D eigenvalue weighted by Crippen LogP contribution is 2.34. The van der Waals surface area contributed by atoms with Crippen LogP contribution in [-0.2, 0) is 0 Å². The Hall–Kier alpha value is -1.48. The number of thiazole rings is 1. The summed E-state index contributed by atoms with van der Waals surface area (Å²) in [7, 11) is 0. The van der Waals surface area contributed by atoms with Crippen LogP contribution in [0.3, 0.4) is 0 Å². The summed E-state index contributed by atoms with van der Waals surface area (Å²) in [5.41, 5.74) is 2.66. The summed E-state index contributed by atoms with van der Waals surface area (Å²) in [4.78, 5) is 5.81. The first-order valence-corrected chi connectivity index (χ1v) is 8.02.